The first-order valence-corrected chi connectivity index (χ1v) is 13.7. The maximum Gasteiger partial charge on any atom is 0.152 e. The third kappa shape index (κ3) is 4.06. The molecule has 200 valence electrons. The zero-order chi connectivity index (χ0) is 26.5. The molecule has 0 spiro atoms. The summed E-state index contributed by atoms with van der Waals surface area (Å²) in [5.41, 5.74) is 13.5. The van der Waals surface area contributed by atoms with Crippen molar-refractivity contribution >= 4 is 22.2 Å². The topological polar surface area (TPSA) is 104 Å². The fraction of sp³-hybridized carbons (Fsp3) is 0.379. The maximum absolute atomic E-state index is 6.47. The lowest BCUT2D eigenvalue weighted by Crippen LogP contribution is -2.33. The molecule has 10 heteroatoms. The predicted octanol–water partition coefficient (Wildman–Crippen LogP) is 4.71. The first-order chi connectivity index (χ1) is 19.1. The van der Waals surface area contributed by atoms with Crippen LogP contribution in [0.15, 0.2) is 61.3 Å². The lowest BCUT2D eigenvalue weighted by Gasteiger charge is -2.34. The Bertz CT molecular complexity index is 1660. The molecule has 0 unspecified atom stereocenters. The normalized spacial score (nSPS) is 17.4. The van der Waals surface area contributed by atoms with Crippen molar-refractivity contribution in [1.29, 1.82) is 0 Å². The zero-order valence-corrected chi connectivity index (χ0v) is 22.2. The van der Waals surface area contributed by atoms with Gasteiger partial charge in [-0.05, 0) is 50.8 Å². The number of nitrogens with two attached hydrogens (primary N) is 1. The Hall–Kier alpha value is -4.18. The van der Waals surface area contributed by atoms with E-state index in [4.69, 9.17) is 20.7 Å². The fourth-order valence-electron chi connectivity index (χ4n) is 6.20. The van der Waals surface area contributed by atoms with E-state index in [0.29, 0.717) is 11.9 Å². The molecular formula is C29H33N9O. The number of nitrogens with zero attached hydrogens (tertiary/aromatic N) is 8. The summed E-state index contributed by atoms with van der Waals surface area (Å²) in [5.74, 6) is 0.446. The molecule has 5 aromatic rings. The monoisotopic (exact) mass is 523 g/mol. The Kier molecular flexibility index (Phi) is 5.84. The van der Waals surface area contributed by atoms with Gasteiger partial charge in [0.2, 0.25) is 0 Å². The first kappa shape index (κ1) is 23.9. The number of nitrogen functional groups attached to an aromatic ring is 1. The number of allylic oxidation sites excluding steroid dienone is 1. The molecule has 39 heavy (non-hydrogen) atoms. The Morgan fingerprint density at radius 3 is 2.54 bits per heavy atom. The summed E-state index contributed by atoms with van der Waals surface area (Å²) in [6.45, 7) is 9.70. The summed E-state index contributed by atoms with van der Waals surface area (Å²) < 4.78 is 11.8. The molecule has 2 N–H and O–H groups in total. The molecule has 2 saturated heterocycles. The molecule has 1 aromatic carbocycles. The molecule has 10 nitrogen and oxygen atoms in total. The van der Waals surface area contributed by atoms with Crippen molar-refractivity contribution in [3.8, 4) is 22.5 Å². The van der Waals surface area contributed by atoms with Crippen molar-refractivity contribution in [3.05, 3.63) is 61.3 Å². The van der Waals surface area contributed by atoms with Gasteiger partial charge in [0.05, 0.1) is 35.2 Å². The summed E-state index contributed by atoms with van der Waals surface area (Å²) >= 11 is 0. The number of aromatic nitrogens is 7. The standard InChI is InChI=1S/C29H33N9O/c1-19(2)35-11-6-22(7-12-35)37-26-15-20(3-4-21(26)17-33-37)27-16-24(28-29(30)31-18-34-38(27)28)25-5-10-32-36(25)23-8-13-39-14-9-23/h3-5,10,15-18,22-23H,1,6-9,11-14H2,2H3,(H2,30,31,34). The summed E-state index contributed by atoms with van der Waals surface area (Å²) in [5, 5.41) is 15.3. The Balaban J connectivity index is 1.31. The van der Waals surface area contributed by atoms with Crippen molar-refractivity contribution in [3.63, 3.8) is 0 Å². The van der Waals surface area contributed by atoms with Crippen LogP contribution in [-0.4, -0.2) is 65.4 Å². The number of ether oxygens (including phenoxy) is 1. The third-order valence-electron chi connectivity index (χ3n) is 8.31. The van der Waals surface area contributed by atoms with E-state index in [1.807, 2.05) is 16.9 Å². The molecule has 2 aliphatic rings. The van der Waals surface area contributed by atoms with Crippen LogP contribution in [0, 0.1) is 0 Å². The largest absolute Gasteiger partial charge is 0.382 e. The minimum atomic E-state index is 0.287. The smallest absolute Gasteiger partial charge is 0.152 e. The van der Waals surface area contributed by atoms with E-state index >= 15 is 0 Å². The number of fused-ring (bicyclic) bond motifs is 2. The van der Waals surface area contributed by atoms with Crippen LogP contribution in [0.3, 0.4) is 0 Å². The second kappa shape index (κ2) is 9.53. The molecular weight excluding hydrogens is 490 g/mol. The highest BCUT2D eigenvalue weighted by molar-refractivity contribution is 5.92. The van der Waals surface area contributed by atoms with Crippen LogP contribution < -0.4 is 5.73 Å². The Morgan fingerprint density at radius 1 is 0.949 bits per heavy atom. The SMILES string of the molecule is C=C(C)N1CCC(n2ncc3ccc(-c4cc(-c5ccnn5C5CCOCC5)c5c(N)ncnn45)cc32)CC1. The van der Waals surface area contributed by atoms with E-state index < -0.39 is 0 Å². The van der Waals surface area contributed by atoms with Crippen LogP contribution >= 0.6 is 0 Å². The number of rotatable bonds is 5. The molecule has 6 heterocycles. The van der Waals surface area contributed by atoms with Gasteiger partial charge >= 0.3 is 0 Å². The molecule has 0 aliphatic carbocycles. The van der Waals surface area contributed by atoms with Crippen molar-refractivity contribution in [2.45, 2.75) is 44.7 Å². The molecule has 7 rings (SSSR count). The van der Waals surface area contributed by atoms with Crippen molar-refractivity contribution < 1.29 is 4.74 Å². The number of likely N-dealkylation sites (tertiary alicyclic amines) is 1. The lowest BCUT2D eigenvalue weighted by molar-refractivity contribution is 0.0667. The maximum atomic E-state index is 6.47. The molecule has 0 radical (unpaired) electrons. The predicted molar refractivity (Wildman–Crippen MR) is 151 cm³/mol. The Labute approximate surface area is 226 Å². The van der Waals surface area contributed by atoms with Crippen LogP contribution in [0.4, 0.5) is 5.82 Å². The van der Waals surface area contributed by atoms with Crippen LogP contribution in [0.2, 0.25) is 0 Å². The highest BCUT2D eigenvalue weighted by Crippen LogP contribution is 2.38. The number of hydrogen-bond acceptors (Lipinski definition) is 7. The first-order valence-electron chi connectivity index (χ1n) is 13.7. The van der Waals surface area contributed by atoms with Gasteiger partial charge in [0.1, 0.15) is 11.8 Å². The highest BCUT2D eigenvalue weighted by Gasteiger charge is 2.25. The van der Waals surface area contributed by atoms with E-state index in [9.17, 15) is 0 Å². The number of piperidine rings is 1. The molecule has 0 saturated carbocycles. The van der Waals surface area contributed by atoms with Crippen molar-refractivity contribution in [2.24, 2.45) is 0 Å². The minimum absolute atomic E-state index is 0.287. The number of hydrogen-bond donors (Lipinski definition) is 1. The molecule has 0 amide bonds. The summed E-state index contributed by atoms with van der Waals surface area (Å²) in [4.78, 5) is 6.69. The van der Waals surface area contributed by atoms with E-state index in [1.165, 1.54) is 6.33 Å². The van der Waals surface area contributed by atoms with Gasteiger partial charge in [-0.3, -0.25) is 9.36 Å². The van der Waals surface area contributed by atoms with Crippen LogP contribution in [0.5, 0.6) is 0 Å². The minimum Gasteiger partial charge on any atom is -0.382 e. The molecule has 4 aromatic heterocycles. The van der Waals surface area contributed by atoms with Gasteiger partial charge in [-0.25, -0.2) is 9.50 Å². The second-order valence-corrected chi connectivity index (χ2v) is 10.7. The molecule has 0 atom stereocenters. The summed E-state index contributed by atoms with van der Waals surface area (Å²) in [6.07, 6.45) is 9.31. The average molecular weight is 524 g/mol. The van der Waals surface area contributed by atoms with E-state index in [-0.39, 0.29) is 6.04 Å². The number of benzene rings is 1. The van der Waals surface area contributed by atoms with E-state index in [2.05, 4.69) is 68.2 Å². The third-order valence-corrected chi connectivity index (χ3v) is 8.31. The van der Waals surface area contributed by atoms with Crippen molar-refractivity contribution in [2.75, 3.05) is 32.0 Å². The van der Waals surface area contributed by atoms with Gasteiger partial charge in [-0.2, -0.15) is 15.3 Å². The summed E-state index contributed by atoms with van der Waals surface area (Å²) in [7, 11) is 0. The lowest BCUT2D eigenvalue weighted by atomic mass is 10.0. The van der Waals surface area contributed by atoms with Crippen LogP contribution in [0.25, 0.3) is 38.9 Å². The van der Waals surface area contributed by atoms with Crippen LogP contribution in [-0.2, 0) is 4.74 Å². The van der Waals surface area contributed by atoms with E-state index in [1.54, 1.807) is 0 Å². The highest BCUT2D eigenvalue weighted by atomic mass is 16.5. The molecule has 2 fully saturated rings. The van der Waals surface area contributed by atoms with Gasteiger partial charge in [-0.15, -0.1) is 0 Å². The van der Waals surface area contributed by atoms with Gasteiger partial charge in [0.15, 0.2) is 5.82 Å². The van der Waals surface area contributed by atoms with Gasteiger partial charge in [0, 0.05) is 54.7 Å². The van der Waals surface area contributed by atoms with Crippen molar-refractivity contribution in [1.82, 2.24) is 39.1 Å². The van der Waals surface area contributed by atoms with E-state index in [0.717, 1.165) is 96.6 Å². The molecule has 2 aliphatic heterocycles. The average Bonchev–Trinajstić information content (AvgIpc) is 3.70. The van der Waals surface area contributed by atoms with Gasteiger partial charge in [0.25, 0.3) is 0 Å². The Morgan fingerprint density at radius 2 is 1.74 bits per heavy atom. The number of anilines is 1. The second-order valence-electron chi connectivity index (χ2n) is 10.7. The molecule has 0 bridgehead atoms. The van der Waals surface area contributed by atoms with Crippen LogP contribution in [0.1, 0.15) is 44.7 Å². The van der Waals surface area contributed by atoms with Gasteiger partial charge in [-0.1, -0.05) is 18.7 Å². The summed E-state index contributed by atoms with van der Waals surface area (Å²) in [6, 6.07) is 11.4. The zero-order valence-electron chi connectivity index (χ0n) is 22.2. The fourth-order valence-corrected chi connectivity index (χ4v) is 6.20. The van der Waals surface area contributed by atoms with Gasteiger partial charge < -0.3 is 15.4 Å². The quantitative estimate of drug-likeness (QED) is 0.356.